The smallest absolute Gasteiger partial charge is 0.377 e. The Morgan fingerprint density at radius 1 is 1.12 bits per heavy atom. The minimum Gasteiger partial charge on any atom is -0.377 e. The topological polar surface area (TPSA) is 86.5 Å². The number of nitrogens with zero attached hydrogens (tertiary/aromatic N) is 1. The minimum atomic E-state index is -5.11. The zero-order valence-corrected chi connectivity index (χ0v) is 13.3. The Hall–Kier alpha value is -2.40. The predicted molar refractivity (Wildman–Crippen MR) is 77.3 cm³/mol. The van der Waals surface area contributed by atoms with Gasteiger partial charge in [0.25, 0.3) is 5.69 Å². The fraction of sp³-hybridized carbons (Fsp3) is 0.0769. The summed E-state index contributed by atoms with van der Waals surface area (Å²) in [6.07, 6.45) is -5.11. The van der Waals surface area contributed by atoms with E-state index >= 15 is 0 Å². The maximum Gasteiger partial charge on any atom is 0.419 e. The molecule has 0 bridgehead atoms. The molecule has 0 saturated carbocycles. The summed E-state index contributed by atoms with van der Waals surface area (Å²) in [5, 5.41) is 10.1. The summed E-state index contributed by atoms with van der Waals surface area (Å²) in [7, 11) is -4.79. The van der Waals surface area contributed by atoms with Crippen LogP contribution in [0, 0.1) is 15.9 Å². The normalized spacial score (nSPS) is 12.0. The van der Waals surface area contributed by atoms with E-state index < -0.39 is 54.0 Å². The van der Waals surface area contributed by atoms with E-state index in [1.54, 1.807) is 0 Å². The standard InChI is InChI=1S/C13H6ClF4NO5S/c14-10-5-7(19(20)21)1-4-12(10)24-25(22,23)8-2-3-11(15)9(6-8)13(16,17)18/h1-6H. The molecule has 12 heteroatoms. The molecular weight excluding hydrogens is 394 g/mol. The fourth-order valence-electron chi connectivity index (χ4n) is 1.71. The lowest BCUT2D eigenvalue weighted by Crippen LogP contribution is -2.14. The van der Waals surface area contributed by atoms with Gasteiger partial charge in [0.1, 0.15) is 10.7 Å². The van der Waals surface area contributed by atoms with E-state index in [9.17, 15) is 36.1 Å². The van der Waals surface area contributed by atoms with E-state index in [0.29, 0.717) is 12.1 Å². The van der Waals surface area contributed by atoms with Crippen molar-refractivity contribution in [2.45, 2.75) is 11.1 Å². The van der Waals surface area contributed by atoms with Crippen molar-refractivity contribution >= 4 is 27.4 Å². The van der Waals surface area contributed by atoms with Gasteiger partial charge in [-0.15, -0.1) is 0 Å². The highest BCUT2D eigenvalue weighted by Gasteiger charge is 2.35. The number of non-ortho nitro benzene ring substituents is 1. The van der Waals surface area contributed by atoms with Crippen molar-refractivity contribution in [3.8, 4) is 5.75 Å². The molecule has 2 aromatic carbocycles. The van der Waals surface area contributed by atoms with Gasteiger partial charge in [-0.25, -0.2) is 4.39 Å². The van der Waals surface area contributed by atoms with Gasteiger partial charge in [0.2, 0.25) is 0 Å². The number of halogens is 5. The first-order valence-corrected chi connectivity index (χ1v) is 7.95. The molecule has 0 aromatic heterocycles. The Bertz CT molecular complexity index is 946. The number of alkyl halides is 3. The maximum atomic E-state index is 13.2. The molecule has 0 aliphatic rings. The molecule has 0 heterocycles. The third-order valence-electron chi connectivity index (χ3n) is 2.86. The Balaban J connectivity index is 2.42. The average molecular weight is 400 g/mol. The highest BCUT2D eigenvalue weighted by Crippen LogP contribution is 2.34. The number of nitro benzene ring substituents is 1. The third kappa shape index (κ3) is 4.17. The molecule has 2 rings (SSSR count). The largest absolute Gasteiger partial charge is 0.419 e. The van der Waals surface area contributed by atoms with Gasteiger partial charge >= 0.3 is 16.3 Å². The lowest BCUT2D eigenvalue weighted by Gasteiger charge is -2.11. The van der Waals surface area contributed by atoms with Gasteiger partial charge in [-0.05, 0) is 24.3 Å². The fourth-order valence-corrected chi connectivity index (χ4v) is 2.95. The lowest BCUT2D eigenvalue weighted by molar-refractivity contribution is -0.384. The lowest BCUT2D eigenvalue weighted by atomic mass is 10.2. The summed E-state index contributed by atoms with van der Waals surface area (Å²) < 4.78 is 79.9. The summed E-state index contributed by atoms with van der Waals surface area (Å²) in [6, 6.07) is 3.55. The molecule has 2 aromatic rings. The summed E-state index contributed by atoms with van der Waals surface area (Å²) >= 11 is 5.66. The first-order chi connectivity index (χ1) is 11.4. The molecule has 0 fully saturated rings. The van der Waals surface area contributed by atoms with Crippen molar-refractivity contribution in [1.29, 1.82) is 0 Å². The number of nitro groups is 1. The van der Waals surface area contributed by atoms with Gasteiger partial charge in [-0.3, -0.25) is 10.1 Å². The Morgan fingerprint density at radius 2 is 1.76 bits per heavy atom. The highest BCUT2D eigenvalue weighted by atomic mass is 35.5. The molecule has 0 radical (unpaired) electrons. The molecule has 0 spiro atoms. The van der Waals surface area contributed by atoms with Gasteiger partial charge in [0.15, 0.2) is 5.75 Å². The number of benzene rings is 2. The van der Waals surface area contributed by atoms with Crippen LogP contribution in [0.4, 0.5) is 23.2 Å². The van der Waals surface area contributed by atoms with Crippen LogP contribution in [0.3, 0.4) is 0 Å². The second kappa shape index (κ2) is 6.48. The predicted octanol–water partition coefficient (Wildman–Crippen LogP) is 4.17. The summed E-state index contributed by atoms with van der Waals surface area (Å²) in [5.74, 6) is -2.19. The Kier molecular flexibility index (Phi) is 4.91. The van der Waals surface area contributed by atoms with E-state index in [2.05, 4.69) is 4.18 Å². The van der Waals surface area contributed by atoms with E-state index in [1.807, 2.05) is 0 Å². The van der Waals surface area contributed by atoms with Crippen LogP contribution in [0.25, 0.3) is 0 Å². The van der Waals surface area contributed by atoms with Crippen molar-refractivity contribution < 1.29 is 35.1 Å². The van der Waals surface area contributed by atoms with Crippen LogP contribution < -0.4 is 4.18 Å². The van der Waals surface area contributed by atoms with Crippen LogP contribution in [-0.4, -0.2) is 13.3 Å². The van der Waals surface area contributed by atoms with Gasteiger partial charge in [0.05, 0.1) is 15.5 Å². The van der Waals surface area contributed by atoms with Crippen molar-refractivity contribution in [3.05, 3.63) is 62.9 Å². The summed E-state index contributed by atoms with van der Waals surface area (Å²) in [6.45, 7) is 0. The highest BCUT2D eigenvalue weighted by molar-refractivity contribution is 7.87. The molecule has 0 N–H and O–H groups in total. The monoisotopic (exact) mass is 399 g/mol. The number of hydrogen-bond donors (Lipinski definition) is 0. The second-order valence-corrected chi connectivity index (χ2v) is 6.50. The average Bonchev–Trinajstić information content (AvgIpc) is 2.48. The van der Waals surface area contributed by atoms with Gasteiger partial charge < -0.3 is 4.18 Å². The number of rotatable bonds is 4. The zero-order valence-electron chi connectivity index (χ0n) is 11.8. The van der Waals surface area contributed by atoms with Gasteiger partial charge in [0, 0.05) is 12.1 Å². The maximum absolute atomic E-state index is 13.2. The molecule has 0 saturated heterocycles. The SMILES string of the molecule is O=[N+]([O-])c1ccc(OS(=O)(=O)c2ccc(F)c(C(F)(F)F)c2)c(Cl)c1. The second-order valence-electron chi connectivity index (χ2n) is 4.55. The molecule has 0 aliphatic heterocycles. The van der Waals surface area contributed by atoms with Crippen LogP contribution in [0.2, 0.25) is 5.02 Å². The quantitative estimate of drug-likeness (QED) is 0.333. The van der Waals surface area contributed by atoms with Crippen molar-refractivity contribution in [2.24, 2.45) is 0 Å². The van der Waals surface area contributed by atoms with Crippen LogP contribution >= 0.6 is 11.6 Å². The van der Waals surface area contributed by atoms with E-state index in [4.69, 9.17) is 11.6 Å². The van der Waals surface area contributed by atoms with E-state index in [-0.39, 0.29) is 6.07 Å². The molecule has 6 nitrogen and oxygen atoms in total. The van der Waals surface area contributed by atoms with Gasteiger partial charge in [-0.1, -0.05) is 11.6 Å². The summed E-state index contributed by atoms with van der Waals surface area (Å²) in [5.41, 5.74) is -2.23. The Morgan fingerprint density at radius 3 is 2.28 bits per heavy atom. The molecule has 0 amide bonds. The zero-order chi connectivity index (χ0) is 19.0. The third-order valence-corrected chi connectivity index (χ3v) is 4.38. The van der Waals surface area contributed by atoms with Crippen LogP contribution in [0.5, 0.6) is 5.75 Å². The van der Waals surface area contributed by atoms with Crippen molar-refractivity contribution in [1.82, 2.24) is 0 Å². The molecule has 134 valence electrons. The van der Waals surface area contributed by atoms with Gasteiger partial charge in [-0.2, -0.15) is 21.6 Å². The molecular formula is C13H6ClF4NO5S. The van der Waals surface area contributed by atoms with Crippen LogP contribution in [-0.2, 0) is 16.3 Å². The van der Waals surface area contributed by atoms with Crippen LogP contribution in [0.15, 0.2) is 41.3 Å². The molecule has 0 unspecified atom stereocenters. The molecule has 0 atom stereocenters. The molecule has 0 aliphatic carbocycles. The Labute approximate surface area is 142 Å². The van der Waals surface area contributed by atoms with Crippen molar-refractivity contribution in [3.63, 3.8) is 0 Å². The first kappa shape index (κ1) is 18.9. The molecule has 25 heavy (non-hydrogen) atoms. The first-order valence-electron chi connectivity index (χ1n) is 6.17. The van der Waals surface area contributed by atoms with Crippen molar-refractivity contribution in [2.75, 3.05) is 0 Å². The minimum absolute atomic E-state index is 0.0734. The van der Waals surface area contributed by atoms with E-state index in [0.717, 1.165) is 18.2 Å². The number of hydrogen-bond acceptors (Lipinski definition) is 5. The summed E-state index contributed by atoms with van der Waals surface area (Å²) in [4.78, 5) is 8.83. The van der Waals surface area contributed by atoms with E-state index in [1.165, 1.54) is 0 Å². The van der Waals surface area contributed by atoms with Crippen LogP contribution in [0.1, 0.15) is 5.56 Å².